The largest absolute Gasteiger partial charge is 0.313 e. The van der Waals surface area contributed by atoms with Gasteiger partial charge in [0.1, 0.15) is 5.82 Å². The van der Waals surface area contributed by atoms with Gasteiger partial charge in [0.25, 0.3) is 0 Å². The zero-order chi connectivity index (χ0) is 15.1. The number of benzene rings is 1. The first-order chi connectivity index (χ1) is 10.2. The molecule has 1 heterocycles. The minimum absolute atomic E-state index is 0.159. The van der Waals surface area contributed by atoms with Crippen molar-refractivity contribution in [2.45, 2.75) is 39.2 Å². The maximum Gasteiger partial charge on any atom is 0.123 e. The Hall–Kier alpha value is -1.74. The number of rotatable bonds is 7. The Morgan fingerprint density at radius 2 is 1.90 bits per heavy atom. The lowest BCUT2D eigenvalue weighted by Crippen LogP contribution is -2.34. The van der Waals surface area contributed by atoms with Crippen LogP contribution in [0.4, 0.5) is 4.39 Å². The van der Waals surface area contributed by atoms with E-state index >= 15 is 0 Å². The Labute approximate surface area is 126 Å². The Morgan fingerprint density at radius 1 is 1.14 bits per heavy atom. The van der Waals surface area contributed by atoms with Crippen molar-refractivity contribution in [3.05, 3.63) is 65.2 Å². The van der Waals surface area contributed by atoms with Crippen LogP contribution in [-0.4, -0.2) is 17.6 Å². The fraction of sp³-hybridized carbons (Fsp3) is 0.389. The number of nitrogens with one attached hydrogen (secondary N) is 1. The molecule has 2 aromatic rings. The van der Waals surface area contributed by atoms with Crippen LogP contribution in [0.5, 0.6) is 0 Å². The van der Waals surface area contributed by atoms with Crippen LogP contribution in [0.3, 0.4) is 0 Å². The molecule has 0 amide bonds. The average Bonchev–Trinajstić information content (AvgIpc) is 2.49. The summed E-state index contributed by atoms with van der Waals surface area (Å²) in [7, 11) is 0. The third kappa shape index (κ3) is 4.94. The van der Waals surface area contributed by atoms with Gasteiger partial charge in [-0.15, -0.1) is 0 Å². The quantitative estimate of drug-likeness (QED) is 0.840. The molecule has 1 N–H and O–H groups in total. The molecule has 0 aliphatic heterocycles. The number of nitrogens with zero attached hydrogens (tertiary/aromatic N) is 1. The van der Waals surface area contributed by atoms with E-state index < -0.39 is 0 Å². The predicted octanol–water partition coefficient (Wildman–Crippen LogP) is 3.68. The van der Waals surface area contributed by atoms with Gasteiger partial charge in [0.15, 0.2) is 0 Å². The van der Waals surface area contributed by atoms with Gasteiger partial charge in [-0.05, 0) is 73.7 Å². The molecule has 1 atom stereocenters. The molecular formula is C18H23FN2. The molecule has 0 fully saturated rings. The van der Waals surface area contributed by atoms with Gasteiger partial charge in [0.05, 0.1) is 0 Å². The fourth-order valence-corrected chi connectivity index (χ4v) is 2.49. The van der Waals surface area contributed by atoms with Gasteiger partial charge in [-0.25, -0.2) is 4.39 Å². The molecule has 112 valence electrons. The Kier molecular flexibility index (Phi) is 5.88. The molecule has 0 bridgehead atoms. The maximum atomic E-state index is 13.4. The monoisotopic (exact) mass is 286 g/mol. The van der Waals surface area contributed by atoms with E-state index in [4.69, 9.17) is 0 Å². The molecule has 2 nitrogen and oxygen atoms in total. The molecule has 0 spiro atoms. The zero-order valence-corrected chi connectivity index (χ0v) is 12.8. The normalized spacial score (nSPS) is 12.3. The summed E-state index contributed by atoms with van der Waals surface area (Å²) in [6, 6.07) is 9.43. The maximum absolute atomic E-state index is 13.4. The van der Waals surface area contributed by atoms with Gasteiger partial charge >= 0.3 is 0 Å². The van der Waals surface area contributed by atoms with Gasteiger partial charge < -0.3 is 5.32 Å². The van der Waals surface area contributed by atoms with Crippen LogP contribution in [-0.2, 0) is 12.8 Å². The Balaban J connectivity index is 2.10. The summed E-state index contributed by atoms with van der Waals surface area (Å²) in [6.45, 7) is 5.17. The first-order valence-electron chi connectivity index (χ1n) is 7.56. The highest BCUT2D eigenvalue weighted by molar-refractivity contribution is 5.28. The lowest BCUT2D eigenvalue weighted by Gasteiger charge is -2.20. The van der Waals surface area contributed by atoms with Crippen LogP contribution in [0.15, 0.2) is 42.7 Å². The average molecular weight is 286 g/mol. The van der Waals surface area contributed by atoms with Gasteiger partial charge in [-0.3, -0.25) is 4.98 Å². The standard InChI is InChI=1S/C18H23FN2/c1-3-8-21-18(11-15-6-9-20-10-7-15)13-16-12-17(19)5-4-14(16)2/h4-7,9-10,12,18,21H,3,8,11,13H2,1-2H3. The van der Waals surface area contributed by atoms with E-state index in [0.717, 1.165) is 36.9 Å². The Bertz CT molecular complexity index is 554. The van der Waals surface area contributed by atoms with Crippen molar-refractivity contribution in [2.75, 3.05) is 6.54 Å². The molecular weight excluding hydrogens is 263 g/mol. The van der Waals surface area contributed by atoms with Crippen LogP contribution >= 0.6 is 0 Å². The number of aryl methyl sites for hydroxylation is 1. The highest BCUT2D eigenvalue weighted by atomic mass is 19.1. The molecule has 3 heteroatoms. The van der Waals surface area contributed by atoms with Crippen molar-refractivity contribution >= 4 is 0 Å². The van der Waals surface area contributed by atoms with E-state index in [-0.39, 0.29) is 5.82 Å². The number of hydrogen-bond donors (Lipinski definition) is 1. The van der Waals surface area contributed by atoms with E-state index in [2.05, 4.69) is 17.2 Å². The van der Waals surface area contributed by atoms with E-state index in [9.17, 15) is 4.39 Å². The van der Waals surface area contributed by atoms with Gasteiger partial charge in [-0.2, -0.15) is 0 Å². The van der Waals surface area contributed by atoms with E-state index in [1.54, 1.807) is 6.07 Å². The smallest absolute Gasteiger partial charge is 0.123 e. The molecule has 0 aliphatic rings. The highest BCUT2D eigenvalue weighted by Crippen LogP contribution is 2.14. The minimum Gasteiger partial charge on any atom is -0.313 e. The third-order valence-corrected chi connectivity index (χ3v) is 3.69. The van der Waals surface area contributed by atoms with E-state index in [0.29, 0.717) is 6.04 Å². The van der Waals surface area contributed by atoms with Crippen molar-refractivity contribution in [1.82, 2.24) is 10.3 Å². The van der Waals surface area contributed by atoms with E-state index in [1.807, 2.05) is 37.5 Å². The van der Waals surface area contributed by atoms with Gasteiger partial charge in [-0.1, -0.05) is 13.0 Å². The second-order valence-electron chi connectivity index (χ2n) is 5.49. The summed E-state index contributed by atoms with van der Waals surface area (Å²) in [5.74, 6) is -0.159. The molecule has 1 unspecified atom stereocenters. The van der Waals surface area contributed by atoms with Crippen LogP contribution < -0.4 is 5.32 Å². The number of aromatic nitrogens is 1. The molecule has 0 aliphatic carbocycles. The highest BCUT2D eigenvalue weighted by Gasteiger charge is 2.12. The fourth-order valence-electron chi connectivity index (χ4n) is 2.49. The summed E-state index contributed by atoms with van der Waals surface area (Å²) in [6.07, 6.45) is 6.50. The van der Waals surface area contributed by atoms with Crippen molar-refractivity contribution in [1.29, 1.82) is 0 Å². The minimum atomic E-state index is -0.159. The van der Waals surface area contributed by atoms with Crippen molar-refractivity contribution < 1.29 is 4.39 Å². The van der Waals surface area contributed by atoms with Crippen LogP contribution in [0, 0.1) is 12.7 Å². The molecule has 0 saturated heterocycles. The number of halogens is 1. The van der Waals surface area contributed by atoms with Gasteiger partial charge in [0.2, 0.25) is 0 Å². The van der Waals surface area contributed by atoms with Crippen LogP contribution in [0.1, 0.15) is 30.0 Å². The second kappa shape index (κ2) is 7.89. The molecule has 1 aromatic carbocycles. The summed E-state index contributed by atoms with van der Waals surface area (Å²) < 4.78 is 13.4. The summed E-state index contributed by atoms with van der Waals surface area (Å²) in [5, 5.41) is 3.57. The molecule has 0 saturated carbocycles. The Morgan fingerprint density at radius 3 is 2.62 bits per heavy atom. The van der Waals surface area contributed by atoms with Gasteiger partial charge in [0, 0.05) is 18.4 Å². The summed E-state index contributed by atoms with van der Waals surface area (Å²) >= 11 is 0. The topological polar surface area (TPSA) is 24.9 Å². The van der Waals surface area contributed by atoms with Crippen LogP contribution in [0.25, 0.3) is 0 Å². The van der Waals surface area contributed by atoms with Crippen molar-refractivity contribution in [3.63, 3.8) is 0 Å². The second-order valence-corrected chi connectivity index (χ2v) is 5.49. The van der Waals surface area contributed by atoms with Crippen molar-refractivity contribution in [3.8, 4) is 0 Å². The van der Waals surface area contributed by atoms with Crippen LogP contribution in [0.2, 0.25) is 0 Å². The first kappa shape index (κ1) is 15.6. The van der Waals surface area contributed by atoms with Crippen molar-refractivity contribution in [2.24, 2.45) is 0 Å². The summed E-state index contributed by atoms with van der Waals surface area (Å²) in [4.78, 5) is 4.05. The first-order valence-corrected chi connectivity index (χ1v) is 7.56. The van der Waals surface area contributed by atoms with E-state index in [1.165, 1.54) is 11.6 Å². The third-order valence-electron chi connectivity index (χ3n) is 3.69. The molecule has 2 rings (SSSR count). The summed E-state index contributed by atoms with van der Waals surface area (Å²) in [5.41, 5.74) is 3.49. The molecule has 21 heavy (non-hydrogen) atoms. The lowest BCUT2D eigenvalue weighted by atomic mass is 9.96. The molecule has 0 radical (unpaired) electrons. The molecule has 1 aromatic heterocycles. The SMILES string of the molecule is CCCNC(Cc1ccncc1)Cc1cc(F)ccc1C. The zero-order valence-electron chi connectivity index (χ0n) is 12.8. The number of pyridine rings is 1. The lowest BCUT2D eigenvalue weighted by molar-refractivity contribution is 0.502. The number of hydrogen-bond acceptors (Lipinski definition) is 2. The predicted molar refractivity (Wildman–Crippen MR) is 84.9 cm³/mol.